The van der Waals surface area contributed by atoms with Gasteiger partial charge in [-0.25, -0.2) is 9.66 Å². The number of nitriles is 1. The number of rotatable bonds is 20. The molecule has 1 fully saturated rings. The van der Waals surface area contributed by atoms with E-state index in [4.69, 9.17) is 33.0 Å². The lowest BCUT2D eigenvalue weighted by Gasteiger charge is -2.39. The summed E-state index contributed by atoms with van der Waals surface area (Å²) < 4.78 is 43.1. The van der Waals surface area contributed by atoms with Crippen LogP contribution < -0.4 is 15.0 Å². The Balaban J connectivity index is 1.48. The Kier molecular flexibility index (Phi) is 15.1. The smallest absolute Gasteiger partial charge is 0.262 e. The molecule has 6 rings (SSSR count). The van der Waals surface area contributed by atoms with Crippen LogP contribution in [0.25, 0.3) is 17.1 Å². The van der Waals surface area contributed by atoms with Gasteiger partial charge in [-0.2, -0.15) is 10.2 Å². The summed E-state index contributed by atoms with van der Waals surface area (Å²) in [5.41, 5.74) is 2.14. The van der Waals surface area contributed by atoms with Crippen molar-refractivity contribution in [3.8, 4) is 17.6 Å². The van der Waals surface area contributed by atoms with Crippen LogP contribution in [0.15, 0.2) is 101 Å². The second-order valence-corrected chi connectivity index (χ2v) is 16.8. The number of ether oxygens (including phenoxy) is 4. The highest BCUT2D eigenvalue weighted by atomic mass is 31.2. The quantitative estimate of drug-likeness (QED) is 0.0264. The molecule has 322 valence electrons. The molecule has 2 aromatic heterocycles. The van der Waals surface area contributed by atoms with Gasteiger partial charge >= 0.3 is 0 Å². The minimum Gasteiger partial charge on any atom is -0.497 e. The SMILES string of the molecule is C=Cc1cn([C@H]2C[C@H](OP(OCCC#N)N(C(C)C)C(C)C)[C@@H](COC(c3ccccc3)(c3ccc(OC)cc3)c3ccc(OC)cc3)O2)c2nc(/N=C/N(C)C)[nH]c(=O)c12. The Bertz CT molecular complexity index is 2290. The first-order chi connectivity index (χ1) is 29.4. The highest BCUT2D eigenvalue weighted by molar-refractivity contribution is 7.44. The summed E-state index contributed by atoms with van der Waals surface area (Å²) >= 11 is 0. The summed E-state index contributed by atoms with van der Waals surface area (Å²) in [5, 5.41) is 9.81. The summed E-state index contributed by atoms with van der Waals surface area (Å²) in [6.07, 6.45) is 3.72. The lowest BCUT2D eigenvalue weighted by Crippen LogP contribution is -2.39. The van der Waals surface area contributed by atoms with Crippen molar-refractivity contribution in [2.24, 2.45) is 4.99 Å². The third-order valence-electron chi connectivity index (χ3n) is 10.3. The number of methoxy groups -OCH3 is 2. The number of H-pyrrole nitrogens is 1. The fourth-order valence-corrected chi connectivity index (χ4v) is 9.36. The molecular formula is C46H56N7O7P. The molecule has 14 nitrogen and oxygen atoms in total. The zero-order valence-corrected chi connectivity index (χ0v) is 37.0. The van der Waals surface area contributed by atoms with Crippen molar-refractivity contribution in [3.05, 3.63) is 124 Å². The fraction of sp³-hybridized carbons (Fsp3) is 0.391. The Morgan fingerprint density at radius 3 is 2.15 bits per heavy atom. The normalized spacial score (nSPS) is 17.4. The maximum absolute atomic E-state index is 13.6. The van der Waals surface area contributed by atoms with Gasteiger partial charge in [-0.15, -0.1) is 0 Å². The van der Waals surface area contributed by atoms with E-state index in [1.165, 1.54) is 0 Å². The average molecular weight is 850 g/mol. The van der Waals surface area contributed by atoms with Gasteiger partial charge in [0.05, 0.1) is 57.8 Å². The molecule has 61 heavy (non-hydrogen) atoms. The van der Waals surface area contributed by atoms with Crippen molar-refractivity contribution in [3.63, 3.8) is 0 Å². The first-order valence-corrected chi connectivity index (χ1v) is 21.4. The number of benzene rings is 3. The van der Waals surface area contributed by atoms with Crippen LogP contribution in [-0.4, -0.2) is 96.3 Å². The Morgan fingerprint density at radius 2 is 1.61 bits per heavy atom. The molecule has 15 heteroatoms. The van der Waals surface area contributed by atoms with Gasteiger partial charge in [0.2, 0.25) is 5.95 Å². The van der Waals surface area contributed by atoms with Gasteiger partial charge in [0.15, 0.2) is 5.65 Å². The van der Waals surface area contributed by atoms with E-state index in [-0.39, 0.29) is 43.2 Å². The number of aromatic amines is 1. The highest BCUT2D eigenvalue weighted by Crippen LogP contribution is 2.51. The monoisotopic (exact) mass is 849 g/mol. The number of hydrogen-bond acceptors (Lipinski definition) is 11. The molecule has 1 aliphatic rings. The van der Waals surface area contributed by atoms with E-state index in [0.29, 0.717) is 34.5 Å². The maximum Gasteiger partial charge on any atom is 0.262 e. The lowest BCUT2D eigenvalue weighted by atomic mass is 9.80. The molecule has 3 heterocycles. The molecule has 0 aliphatic carbocycles. The number of nitrogens with zero attached hydrogens (tertiary/aromatic N) is 6. The van der Waals surface area contributed by atoms with Gasteiger partial charge in [0.1, 0.15) is 29.4 Å². The van der Waals surface area contributed by atoms with Crippen molar-refractivity contribution in [2.45, 2.75) is 76.7 Å². The van der Waals surface area contributed by atoms with Gasteiger partial charge in [-0.1, -0.05) is 67.3 Å². The number of fused-ring (bicyclic) bond motifs is 1. The lowest BCUT2D eigenvalue weighted by molar-refractivity contribution is -0.0911. The third-order valence-corrected chi connectivity index (χ3v) is 12.5. The van der Waals surface area contributed by atoms with Crippen LogP contribution in [0.3, 0.4) is 0 Å². The van der Waals surface area contributed by atoms with Crippen molar-refractivity contribution < 1.29 is 28.0 Å². The van der Waals surface area contributed by atoms with Crippen molar-refractivity contribution in [1.82, 2.24) is 24.1 Å². The standard InChI is InChI=1S/C46H56N7O7P/c1-10-33-28-52(43-42(33)44(54)50-45(49-43)48-30-51(6)7)41-27-39(60-61(58-26-14-25-47)53(31(2)3)32(4)5)40(59-41)29-57-46(34-15-12-11-13-16-34,35-17-21-37(55-8)22-18-35)36-19-23-38(56-9)24-20-36/h10-13,15-24,28,30-32,39-41H,1,14,26-27,29H2,2-9H3,(H,49,50,54)/b48-30+/t39-,40+,41+,61?/m0/s1. The zero-order chi connectivity index (χ0) is 43.7. The fourth-order valence-electron chi connectivity index (χ4n) is 7.60. The molecule has 1 N–H and O–H groups in total. The van der Waals surface area contributed by atoms with E-state index in [0.717, 1.165) is 16.7 Å². The predicted molar refractivity (Wildman–Crippen MR) is 239 cm³/mol. The van der Waals surface area contributed by atoms with Gasteiger partial charge < -0.3 is 37.5 Å². The zero-order valence-electron chi connectivity index (χ0n) is 36.1. The van der Waals surface area contributed by atoms with Crippen LogP contribution in [0.1, 0.15) is 69.0 Å². The molecule has 1 saturated heterocycles. The molecule has 0 spiro atoms. The number of hydrogen-bond donors (Lipinski definition) is 1. The Morgan fingerprint density at radius 1 is 1.00 bits per heavy atom. The molecule has 4 atom stereocenters. The largest absolute Gasteiger partial charge is 0.497 e. The first-order valence-electron chi connectivity index (χ1n) is 20.3. The molecular weight excluding hydrogens is 794 g/mol. The van der Waals surface area contributed by atoms with E-state index in [9.17, 15) is 10.1 Å². The van der Waals surface area contributed by atoms with E-state index >= 15 is 0 Å². The van der Waals surface area contributed by atoms with Crippen molar-refractivity contribution in [2.75, 3.05) is 41.5 Å². The highest BCUT2D eigenvalue weighted by Gasteiger charge is 2.45. The molecule has 1 aliphatic heterocycles. The molecule has 0 amide bonds. The predicted octanol–water partition coefficient (Wildman–Crippen LogP) is 8.56. The minimum absolute atomic E-state index is 0.0671. The van der Waals surface area contributed by atoms with Crippen LogP contribution >= 0.6 is 8.53 Å². The van der Waals surface area contributed by atoms with E-state index in [1.807, 2.05) is 91.6 Å². The summed E-state index contributed by atoms with van der Waals surface area (Å²) in [5.74, 6) is 1.57. The Labute approximate surface area is 359 Å². The second-order valence-electron chi connectivity index (χ2n) is 15.4. The average Bonchev–Trinajstić information content (AvgIpc) is 3.84. The summed E-state index contributed by atoms with van der Waals surface area (Å²) in [6, 6.07) is 28.1. The molecule has 3 aromatic carbocycles. The van der Waals surface area contributed by atoms with Crippen LogP contribution in [0.5, 0.6) is 11.5 Å². The van der Waals surface area contributed by atoms with Crippen LogP contribution in [-0.2, 0) is 24.1 Å². The molecule has 0 saturated carbocycles. The second kappa shape index (κ2) is 20.4. The first kappa shape index (κ1) is 45.1. The molecule has 0 radical (unpaired) electrons. The number of nitrogens with one attached hydrogen (secondary N) is 1. The summed E-state index contributed by atoms with van der Waals surface area (Å²) in [6.45, 7) is 12.7. The van der Waals surface area contributed by atoms with Gasteiger partial charge in [0, 0.05) is 44.4 Å². The number of aliphatic imine (C=N–C) groups is 1. The summed E-state index contributed by atoms with van der Waals surface area (Å²) in [4.78, 5) is 27.3. The topological polar surface area (TPSA) is 149 Å². The van der Waals surface area contributed by atoms with Crippen LogP contribution in [0, 0.1) is 11.3 Å². The van der Waals surface area contributed by atoms with Crippen molar-refractivity contribution in [1.29, 1.82) is 5.26 Å². The number of aromatic nitrogens is 3. The molecule has 1 unspecified atom stereocenters. The Hall–Kier alpha value is -5.39. The van der Waals surface area contributed by atoms with Gasteiger partial charge in [-0.05, 0) is 68.7 Å². The van der Waals surface area contributed by atoms with Gasteiger partial charge in [-0.3, -0.25) is 9.78 Å². The van der Waals surface area contributed by atoms with E-state index < -0.39 is 32.6 Å². The summed E-state index contributed by atoms with van der Waals surface area (Å²) in [7, 11) is 5.27. The van der Waals surface area contributed by atoms with Crippen LogP contribution in [0.4, 0.5) is 5.95 Å². The van der Waals surface area contributed by atoms with Crippen LogP contribution in [0.2, 0.25) is 0 Å². The van der Waals surface area contributed by atoms with E-state index in [1.54, 1.807) is 31.5 Å². The van der Waals surface area contributed by atoms with Crippen molar-refractivity contribution >= 4 is 37.9 Å². The molecule has 5 aromatic rings. The maximum atomic E-state index is 13.6. The third kappa shape index (κ3) is 10.1. The molecule has 0 bridgehead atoms. The van der Waals surface area contributed by atoms with Gasteiger partial charge in [0.25, 0.3) is 14.1 Å². The van der Waals surface area contributed by atoms with E-state index in [2.05, 4.69) is 67.1 Å². The minimum atomic E-state index is -1.68.